The molecule has 0 bridgehead atoms. The molecule has 110 valence electrons. The fourth-order valence-electron chi connectivity index (χ4n) is 2.40. The highest BCUT2D eigenvalue weighted by Crippen LogP contribution is 2.29. The van der Waals surface area contributed by atoms with Crippen LogP contribution in [0.4, 0.5) is 0 Å². The third kappa shape index (κ3) is 2.09. The van der Waals surface area contributed by atoms with Gasteiger partial charge in [0.05, 0.1) is 13.2 Å². The highest BCUT2D eigenvalue weighted by molar-refractivity contribution is 5.77. The second-order valence-corrected chi connectivity index (χ2v) is 5.32. The first kappa shape index (κ1) is 13.7. The molecule has 0 radical (unpaired) electrons. The molecule has 3 rings (SSSR count). The monoisotopic (exact) mass is 288 g/mol. The maximum absolute atomic E-state index is 11.6. The Morgan fingerprint density at radius 1 is 1.43 bits per heavy atom. The van der Waals surface area contributed by atoms with Gasteiger partial charge in [0.2, 0.25) is 0 Å². The number of ether oxygens (including phenoxy) is 1. The highest BCUT2D eigenvalue weighted by Gasteiger charge is 2.37. The van der Waals surface area contributed by atoms with E-state index >= 15 is 0 Å². The van der Waals surface area contributed by atoms with Gasteiger partial charge >= 0.3 is 5.97 Å². The molecule has 1 aliphatic heterocycles. The van der Waals surface area contributed by atoms with Crippen molar-refractivity contribution in [2.45, 2.75) is 39.0 Å². The lowest BCUT2D eigenvalue weighted by atomic mass is 9.98. The van der Waals surface area contributed by atoms with E-state index in [1.807, 2.05) is 18.2 Å². The molecule has 0 fully saturated rings. The Morgan fingerprint density at radius 3 is 2.90 bits per heavy atom. The highest BCUT2D eigenvalue weighted by atomic mass is 16.5. The maximum Gasteiger partial charge on any atom is 0.331 e. The van der Waals surface area contributed by atoms with E-state index in [9.17, 15) is 9.90 Å². The van der Waals surface area contributed by atoms with Gasteiger partial charge in [0.25, 0.3) is 0 Å². The lowest BCUT2D eigenvalue weighted by molar-refractivity contribution is -0.147. The van der Waals surface area contributed by atoms with Gasteiger partial charge in [-0.15, -0.1) is 5.10 Å². The lowest BCUT2D eigenvalue weighted by Gasteiger charge is -2.24. The Balaban J connectivity index is 2.09. The van der Waals surface area contributed by atoms with Gasteiger partial charge in [-0.2, -0.15) is 0 Å². The van der Waals surface area contributed by atoms with Crippen LogP contribution in [0.3, 0.4) is 0 Å². The third-order valence-corrected chi connectivity index (χ3v) is 4.07. The molecule has 7 nitrogen and oxygen atoms in total. The molecule has 2 aromatic rings. The Kier molecular flexibility index (Phi) is 3.21. The van der Waals surface area contributed by atoms with Crippen molar-refractivity contribution >= 4 is 5.97 Å². The molecule has 0 saturated carbocycles. The van der Waals surface area contributed by atoms with Crippen LogP contribution in [0.1, 0.15) is 31.4 Å². The summed E-state index contributed by atoms with van der Waals surface area (Å²) in [5.41, 5.74) is 1.86. The summed E-state index contributed by atoms with van der Waals surface area (Å²) in [5.74, 6) is -0.500. The summed E-state index contributed by atoms with van der Waals surface area (Å²) >= 11 is 0. The van der Waals surface area contributed by atoms with E-state index in [0.717, 1.165) is 16.7 Å². The predicted molar refractivity (Wildman–Crippen MR) is 73.3 cm³/mol. The van der Waals surface area contributed by atoms with Crippen molar-refractivity contribution in [3.05, 3.63) is 29.3 Å². The fraction of sp³-hybridized carbons (Fsp3) is 0.429. The molecule has 1 N–H and O–H groups in total. The van der Waals surface area contributed by atoms with E-state index in [1.165, 1.54) is 4.68 Å². The van der Waals surface area contributed by atoms with Crippen molar-refractivity contribution in [2.75, 3.05) is 0 Å². The summed E-state index contributed by atoms with van der Waals surface area (Å²) in [6.07, 6.45) is 0.383. The Labute approximate surface area is 121 Å². The zero-order valence-corrected chi connectivity index (χ0v) is 11.9. The van der Waals surface area contributed by atoms with E-state index in [-0.39, 0.29) is 0 Å². The maximum atomic E-state index is 11.6. The number of carboxylic acids is 1. The summed E-state index contributed by atoms with van der Waals surface area (Å²) in [6, 6.07) is 5.83. The second kappa shape index (κ2) is 4.92. The normalized spacial score (nSPS) is 16.5. The SMILES string of the molecule is CCC(C)(C(=O)O)n1nnnc1-c1ccc2c(c1)COC2. The van der Waals surface area contributed by atoms with Crippen LogP contribution in [0.25, 0.3) is 11.4 Å². The van der Waals surface area contributed by atoms with Gasteiger partial charge in [0, 0.05) is 5.56 Å². The standard InChI is InChI=1S/C14H16N4O3/c1-3-14(2,13(19)20)18-12(15-16-17-18)9-4-5-10-7-21-8-11(10)6-9/h4-6H,3,7-8H2,1-2H3,(H,19,20). The van der Waals surface area contributed by atoms with Crippen LogP contribution >= 0.6 is 0 Å². The Morgan fingerprint density at radius 2 is 2.19 bits per heavy atom. The number of fused-ring (bicyclic) bond motifs is 1. The summed E-state index contributed by atoms with van der Waals surface area (Å²) in [4.78, 5) is 11.6. The van der Waals surface area contributed by atoms with E-state index in [0.29, 0.717) is 25.5 Å². The van der Waals surface area contributed by atoms with Crippen molar-refractivity contribution in [1.29, 1.82) is 0 Å². The topological polar surface area (TPSA) is 90.1 Å². The van der Waals surface area contributed by atoms with Crippen LogP contribution < -0.4 is 0 Å². The van der Waals surface area contributed by atoms with Crippen molar-refractivity contribution in [3.8, 4) is 11.4 Å². The average Bonchev–Trinajstić information content (AvgIpc) is 3.13. The summed E-state index contributed by atoms with van der Waals surface area (Å²) in [7, 11) is 0. The number of carbonyl (C=O) groups is 1. The Bertz CT molecular complexity index is 697. The van der Waals surface area contributed by atoms with Crippen molar-refractivity contribution in [3.63, 3.8) is 0 Å². The summed E-state index contributed by atoms with van der Waals surface area (Å²) in [6.45, 7) is 4.60. The zero-order valence-electron chi connectivity index (χ0n) is 11.9. The first-order valence-electron chi connectivity index (χ1n) is 6.78. The number of tetrazole rings is 1. The van der Waals surface area contributed by atoms with Crippen LogP contribution in [0, 0.1) is 0 Å². The largest absolute Gasteiger partial charge is 0.479 e. The minimum atomic E-state index is -1.17. The molecule has 0 amide bonds. The quantitative estimate of drug-likeness (QED) is 0.918. The molecule has 7 heteroatoms. The number of hydrogen-bond acceptors (Lipinski definition) is 5. The molecule has 1 aliphatic rings. The van der Waals surface area contributed by atoms with Gasteiger partial charge in [-0.3, -0.25) is 0 Å². The molecule has 1 aromatic carbocycles. The van der Waals surface area contributed by atoms with E-state index in [4.69, 9.17) is 4.74 Å². The number of aliphatic carboxylic acids is 1. The third-order valence-electron chi connectivity index (χ3n) is 4.07. The zero-order chi connectivity index (χ0) is 15.0. The second-order valence-electron chi connectivity index (χ2n) is 5.32. The molecule has 21 heavy (non-hydrogen) atoms. The first-order chi connectivity index (χ1) is 10.1. The van der Waals surface area contributed by atoms with Crippen LogP contribution in [0.15, 0.2) is 18.2 Å². The van der Waals surface area contributed by atoms with Crippen LogP contribution in [0.2, 0.25) is 0 Å². The molecular formula is C14H16N4O3. The van der Waals surface area contributed by atoms with E-state index in [2.05, 4.69) is 15.5 Å². The van der Waals surface area contributed by atoms with E-state index < -0.39 is 11.5 Å². The molecule has 0 aliphatic carbocycles. The lowest BCUT2D eigenvalue weighted by Crippen LogP contribution is -2.39. The van der Waals surface area contributed by atoms with Crippen molar-refractivity contribution < 1.29 is 14.6 Å². The molecule has 0 saturated heterocycles. The van der Waals surface area contributed by atoms with Crippen LogP contribution in [0.5, 0.6) is 0 Å². The summed E-state index contributed by atoms with van der Waals surface area (Å²) < 4.78 is 6.77. The average molecular weight is 288 g/mol. The molecule has 2 heterocycles. The minimum Gasteiger partial charge on any atom is -0.479 e. The van der Waals surface area contributed by atoms with Crippen LogP contribution in [-0.4, -0.2) is 31.3 Å². The first-order valence-corrected chi connectivity index (χ1v) is 6.78. The molecule has 1 unspecified atom stereocenters. The number of hydrogen-bond donors (Lipinski definition) is 1. The van der Waals surface area contributed by atoms with Gasteiger partial charge in [-0.05, 0) is 41.0 Å². The van der Waals surface area contributed by atoms with Gasteiger partial charge in [0.1, 0.15) is 0 Å². The number of nitrogens with zero attached hydrogens (tertiary/aromatic N) is 4. The molecule has 1 atom stereocenters. The molecule has 1 aromatic heterocycles. The molecular weight excluding hydrogens is 272 g/mol. The number of carboxylic acid groups (broad SMARTS) is 1. The fourth-order valence-corrected chi connectivity index (χ4v) is 2.40. The minimum absolute atomic E-state index is 0.383. The molecule has 0 spiro atoms. The van der Waals surface area contributed by atoms with Crippen molar-refractivity contribution in [1.82, 2.24) is 20.2 Å². The van der Waals surface area contributed by atoms with Gasteiger partial charge < -0.3 is 9.84 Å². The Hall–Kier alpha value is -2.28. The number of aromatic nitrogens is 4. The van der Waals surface area contributed by atoms with Crippen LogP contribution in [-0.2, 0) is 28.3 Å². The van der Waals surface area contributed by atoms with Crippen molar-refractivity contribution in [2.24, 2.45) is 0 Å². The van der Waals surface area contributed by atoms with Gasteiger partial charge in [-0.1, -0.05) is 19.1 Å². The smallest absolute Gasteiger partial charge is 0.331 e. The predicted octanol–water partition coefficient (Wildman–Crippen LogP) is 1.58. The summed E-state index contributed by atoms with van der Waals surface area (Å²) in [5, 5.41) is 21.1. The number of benzene rings is 1. The van der Waals surface area contributed by atoms with Gasteiger partial charge in [0.15, 0.2) is 11.4 Å². The van der Waals surface area contributed by atoms with Gasteiger partial charge in [-0.25, -0.2) is 9.48 Å². The van der Waals surface area contributed by atoms with E-state index in [1.54, 1.807) is 13.8 Å². The number of rotatable bonds is 4.